The van der Waals surface area contributed by atoms with Crippen molar-refractivity contribution < 1.29 is 19.5 Å². The SMILES string of the molecule is CN1C(=O)C[C@H](C(=O)NCCCCCCCCN2CCC(C(=O)O)CC2)[C@H]1c1cccnc1. The van der Waals surface area contributed by atoms with Gasteiger partial charge in [0.05, 0.1) is 17.9 Å². The van der Waals surface area contributed by atoms with Gasteiger partial charge in [-0.05, 0) is 56.9 Å². The second-order valence-corrected chi connectivity index (χ2v) is 9.41. The van der Waals surface area contributed by atoms with Gasteiger partial charge < -0.3 is 20.2 Å². The van der Waals surface area contributed by atoms with Crippen LogP contribution in [0.15, 0.2) is 24.5 Å². The Balaban J connectivity index is 1.24. The van der Waals surface area contributed by atoms with Crippen molar-refractivity contribution in [2.45, 2.75) is 63.8 Å². The van der Waals surface area contributed by atoms with Gasteiger partial charge in [0.2, 0.25) is 11.8 Å². The Morgan fingerprint density at radius 1 is 1.12 bits per heavy atom. The van der Waals surface area contributed by atoms with Crippen LogP contribution in [-0.2, 0) is 14.4 Å². The minimum atomic E-state index is -0.650. The van der Waals surface area contributed by atoms with E-state index in [9.17, 15) is 14.4 Å². The Labute approximate surface area is 196 Å². The lowest BCUT2D eigenvalue weighted by atomic mass is 9.94. The van der Waals surface area contributed by atoms with Crippen LogP contribution in [0.1, 0.15) is 69.4 Å². The minimum Gasteiger partial charge on any atom is -0.481 e. The molecule has 8 heteroatoms. The molecule has 0 radical (unpaired) electrons. The molecule has 2 amide bonds. The van der Waals surface area contributed by atoms with E-state index in [2.05, 4.69) is 15.2 Å². The van der Waals surface area contributed by atoms with Crippen molar-refractivity contribution >= 4 is 17.8 Å². The number of likely N-dealkylation sites (tertiary alicyclic amines) is 2. The van der Waals surface area contributed by atoms with Crippen molar-refractivity contribution in [1.82, 2.24) is 20.1 Å². The first kappa shape index (κ1) is 25.1. The number of nitrogens with one attached hydrogen (secondary N) is 1. The third-order valence-corrected chi connectivity index (χ3v) is 7.09. The fourth-order valence-corrected chi connectivity index (χ4v) is 5.03. The number of carbonyl (C=O) groups is 3. The highest BCUT2D eigenvalue weighted by atomic mass is 16.4. The van der Waals surface area contributed by atoms with E-state index in [-0.39, 0.29) is 36.1 Å². The van der Waals surface area contributed by atoms with Gasteiger partial charge in [-0.1, -0.05) is 31.7 Å². The van der Waals surface area contributed by atoms with E-state index < -0.39 is 5.97 Å². The largest absolute Gasteiger partial charge is 0.481 e. The summed E-state index contributed by atoms with van der Waals surface area (Å²) in [7, 11) is 1.76. The van der Waals surface area contributed by atoms with E-state index in [0.29, 0.717) is 6.54 Å². The summed E-state index contributed by atoms with van der Waals surface area (Å²) in [6.45, 7) is 3.52. The molecule has 0 aromatic carbocycles. The van der Waals surface area contributed by atoms with Gasteiger partial charge in [-0.15, -0.1) is 0 Å². The number of carboxylic acids is 1. The standard InChI is InChI=1S/C25H38N4O4/c1-28-22(30)17-21(23(28)20-9-8-12-26-18-20)24(31)27-13-6-4-2-3-5-7-14-29-15-10-19(11-16-29)25(32)33/h8-9,12,18-19,21,23H,2-7,10-11,13-17H2,1H3,(H,27,31)(H,32,33)/t21-,23+/m0/s1. The first-order valence-electron chi connectivity index (χ1n) is 12.4. The Kier molecular flexibility index (Phi) is 9.66. The first-order valence-corrected chi connectivity index (χ1v) is 12.4. The molecular weight excluding hydrogens is 420 g/mol. The molecule has 2 atom stereocenters. The predicted octanol–water partition coefficient (Wildman–Crippen LogP) is 2.85. The normalized spacial score (nSPS) is 22.0. The molecule has 0 saturated carbocycles. The van der Waals surface area contributed by atoms with Gasteiger partial charge >= 0.3 is 5.97 Å². The van der Waals surface area contributed by atoms with Crippen LogP contribution in [0.4, 0.5) is 0 Å². The predicted molar refractivity (Wildman–Crippen MR) is 125 cm³/mol. The van der Waals surface area contributed by atoms with E-state index in [1.807, 2.05) is 12.1 Å². The van der Waals surface area contributed by atoms with Crippen LogP contribution in [0.25, 0.3) is 0 Å². The van der Waals surface area contributed by atoms with Crippen LogP contribution < -0.4 is 5.32 Å². The number of aliphatic carboxylic acids is 1. The van der Waals surface area contributed by atoms with Crippen molar-refractivity contribution in [1.29, 1.82) is 0 Å². The summed E-state index contributed by atoms with van der Waals surface area (Å²) in [4.78, 5) is 44.2. The molecule has 0 bridgehead atoms. The fourth-order valence-electron chi connectivity index (χ4n) is 5.03. The van der Waals surface area contributed by atoms with E-state index in [0.717, 1.165) is 63.7 Å². The van der Waals surface area contributed by atoms with Gasteiger partial charge in [-0.25, -0.2) is 0 Å². The highest BCUT2D eigenvalue weighted by Crippen LogP contribution is 2.36. The summed E-state index contributed by atoms with van der Waals surface area (Å²) in [6.07, 6.45) is 11.9. The molecule has 0 spiro atoms. The maximum absolute atomic E-state index is 12.8. The molecule has 33 heavy (non-hydrogen) atoms. The zero-order valence-electron chi connectivity index (χ0n) is 19.7. The Morgan fingerprint density at radius 3 is 2.48 bits per heavy atom. The molecule has 0 aliphatic carbocycles. The number of hydrogen-bond acceptors (Lipinski definition) is 5. The summed E-state index contributed by atoms with van der Waals surface area (Å²) in [6, 6.07) is 3.51. The molecule has 2 fully saturated rings. The smallest absolute Gasteiger partial charge is 0.306 e. The van der Waals surface area contributed by atoms with Crippen LogP contribution in [0.5, 0.6) is 0 Å². The van der Waals surface area contributed by atoms with E-state index in [4.69, 9.17) is 5.11 Å². The molecule has 2 N–H and O–H groups in total. The zero-order chi connectivity index (χ0) is 23.6. The van der Waals surface area contributed by atoms with Gasteiger partial charge in [0.1, 0.15) is 0 Å². The van der Waals surface area contributed by atoms with Crippen molar-refractivity contribution in [3.63, 3.8) is 0 Å². The molecule has 2 aliphatic heterocycles. The maximum atomic E-state index is 12.8. The molecule has 0 unspecified atom stereocenters. The Morgan fingerprint density at radius 2 is 1.82 bits per heavy atom. The number of piperidine rings is 1. The Bertz CT molecular complexity index is 780. The first-order chi connectivity index (χ1) is 16.0. The number of amides is 2. The highest BCUT2D eigenvalue weighted by molar-refractivity contribution is 5.90. The topological polar surface area (TPSA) is 103 Å². The second-order valence-electron chi connectivity index (χ2n) is 9.41. The minimum absolute atomic E-state index is 0.00439. The fraction of sp³-hybridized carbons (Fsp3) is 0.680. The average Bonchev–Trinajstić information content (AvgIpc) is 3.13. The van der Waals surface area contributed by atoms with Crippen LogP contribution >= 0.6 is 0 Å². The van der Waals surface area contributed by atoms with Crippen LogP contribution in [-0.4, -0.2) is 70.9 Å². The monoisotopic (exact) mass is 458 g/mol. The lowest BCUT2D eigenvalue weighted by Gasteiger charge is -2.29. The summed E-state index contributed by atoms with van der Waals surface area (Å²) in [5, 5.41) is 12.1. The van der Waals surface area contributed by atoms with E-state index in [1.54, 1.807) is 24.3 Å². The zero-order valence-corrected chi connectivity index (χ0v) is 19.7. The van der Waals surface area contributed by atoms with Crippen molar-refractivity contribution in [2.24, 2.45) is 11.8 Å². The molecule has 2 saturated heterocycles. The third-order valence-electron chi connectivity index (χ3n) is 7.09. The maximum Gasteiger partial charge on any atom is 0.306 e. The second kappa shape index (κ2) is 12.7. The molecule has 8 nitrogen and oxygen atoms in total. The lowest BCUT2D eigenvalue weighted by molar-refractivity contribution is -0.143. The summed E-state index contributed by atoms with van der Waals surface area (Å²) in [5.41, 5.74) is 0.900. The number of carboxylic acid groups (broad SMARTS) is 1. The molecule has 1 aromatic heterocycles. The molecule has 3 rings (SSSR count). The molecule has 2 aliphatic rings. The molecule has 1 aromatic rings. The van der Waals surface area contributed by atoms with Gasteiger partial charge in [-0.3, -0.25) is 19.4 Å². The third kappa shape index (κ3) is 7.25. The number of pyridine rings is 1. The van der Waals surface area contributed by atoms with Crippen LogP contribution in [0.2, 0.25) is 0 Å². The molecular formula is C25H38N4O4. The van der Waals surface area contributed by atoms with Crippen LogP contribution in [0, 0.1) is 11.8 Å². The summed E-state index contributed by atoms with van der Waals surface area (Å²) in [5.74, 6) is -1.22. The summed E-state index contributed by atoms with van der Waals surface area (Å²) >= 11 is 0. The molecule has 3 heterocycles. The van der Waals surface area contributed by atoms with Crippen LogP contribution in [0.3, 0.4) is 0 Å². The number of nitrogens with zero attached hydrogens (tertiary/aromatic N) is 3. The average molecular weight is 459 g/mol. The van der Waals surface area contributed by atoms with Crippen molar-refractivity contribution in [3.05, 3.63) is 30.1 Å². The van der Waals surface area contributed by atoms with Gasteiger partial charge in [0.25, 0.3) is 0 Å². The van der Waals surface area contributed by atoms with Gasteiger partial charge in [0.15, 0.2) is 0 Å². The number of rotatable bonds is 12. The number of unbranched alkanes of at least 4 members (excludes halogenated alkanes) is 5. The lowest BCUT2D eigenvalue weighted by Crippen LogP contribution is -2.36. The van der Waals surface area contributed by atoms with E-state index >= 15 is 0 Å². The number of carbonyl (C=O) groups excluding carboxylic acids is 2. The quantitative estimate of drug-likeness (QED) is 0.467. The summed E-state index contributed by atoms with van der Waals surface area (Å²) < 4.78 is 0. The van der Waals surface area contributed by atoms with Crippen molar-refractivity contribution in [3.8, 4) is 0 Å². The van der Waals surface area contributed by atoms with Gasteiger partial charge in [-0.2, -0.15) is 0 Å². The highest BCUT2D eigenvalue weighted by Gasteiger charge is 2.42. The Hall–Kier alpha value is -2.48. The van der Waals surface area contributed by atoms with Gasteiger partial charge in [0, 0.05) is 32.4 Å². The number of aromatic nitrogens is 1. The van der Waals surface area contributed by atoms with Crippen molar-refractivity contribution in [2.75, 3.05) is 33.2 Å². The molecule has 182 valence electrons. The van der Waals surface area contributed by atoms with E-state index in [1.165, 1.54) is 12.8 Å². The number of hydrogen-bond donors (Lipinski definition) is 2.